The number of ether oxygens (including phenoxy) is 2. The quantitative estimate of drug-likeness (QED) is 0.683. The molecule has 0 saturated carbocycles. The van der Waals surface area contributed by atoms with Crippen LogP contribution < -0.4 is 14.8 Å². The molecule has 1 amide bonds. The number of esters is 1. The maximum absolute atomic E-state index is 12.8. The lowest BCUT2D eigenvalue weighted by molar-refractivity contribution is 0.0601. The molecule has 0 aromatic heterocycles. The highest BCUT2D eigenvalue weighted by atomic mass is 32.2. The molecule has 0 atom stereocenters. The number of carbonyl (C=O) groups excluding carboxylic acids is 2. The molecule has 8 nitrogen and oxygen atoms in total. The summed E-state index contributed by atoms with van der Waals surface area (Å²) in [7, 11) is -1.49. The molecule has 2 aromatic rings. The SMILES string of the molecule is COC(=O)c1ccccc1NS(=O)(=O)c1ccc(OC)c(C(=O)NC(C)C)c1. The molecular weight excluding hydrogens is 384 g/mol. The van der Waals surface area contributed by atoms with E-state index in [9.17, 15) is 18.0 Å². The third-order valence-electron chi connectivity index (χ3n) is 3.72. The molecule has 9 heteroatoms. The smallest absolute Gasteiger partial charge is 0.339 e. The molecule has 0 unspecified atom stereocenters. The van der Waals surface area contributed by atoms with E-state index >= 15 is 0 Å². The summed E-state index contributed by atoms with van der Waals surface area (Å²) in [6.45, 7) is 3.58. The van der Waals surface area contributed by atoms with E-state index in [4.69, 9.17) is 4.74 Å². The number of para-hydroxylation sites is 1. The van der Waals surface area contributed by atoms with Crippen LogP contribution in [0.3, 0.4) is 0 Å². The zero-order valence-corrected chi connectivity index (χ0v) is 16.8. The Morgan fingerprint density at radius 3 is 2.29 bits per heavy atom. The van der Waals surface area contributed by atoms with Gasteiger partial charge in [-0.15, -0.1) is 0 Å². The van der Waals surface area contributed by atoms with Crippen LogP contribution in [0.5, 0.6) is 5.75 Å². The Bertz CT molecular complexity index is 986. The molecular formula is C19H22N2O6S. The zero-order chi connectivity index (χ0) is 20.9. The predicted octanol–water partition coefficient (Wildman–Crippen LogP) is 2.42. The molecule has 0 aliphatic heterocycles. The highest BCUT2D eigenvalue weighted by Gasteiger charge is 2.22. The number of nitrogens with one attached hydrogen (secondary N) is 2. The average Bonchev–Trinajstić information content (AvgIpc) is 2.66. The van der Waals surface area contributed by atoms with Crippen molar-refractivity contribution in [2.45, 2.75) is 24.8 Å². The number of rotatable bonds is 7. The number of sulfonamides is 1. The molecule has 0 spiro atoms. The molecule has 0 heterocycles. The fraction of sp³-hybridized carbons (Fsp3) is 0.263. The molecule has 2 N–H and O–H groups in total. The summed E-state index contributed by atoms with van der Waals surface area (Å²) in [4.78, 5) is 24.1. The largest absolute Gasteiger partial charge is 0.496 e. The summed E-state index contributed by atoms with van der Waals surface area (Å²) in [5.41, 5.74) is 0.221. The normalized spacial score (nSPS) is 11.0. The van der Waals surface area contributed by atoms with E-state index < -0.39 is 21.9 Å². The second-order valence-electron chi connectivity index (χ2n) is 6.13. The molecule has 0 fully saturated rings. The van der Waals surface area contributed by atoms with E-state index in [2.05, 4.69) is 14.8 Å². The van der Waals surface area contributed by atoms with Crippen molar-refractivity contribution >= 4 is 27.6 Å². The van der Waals surface area contributed by atoms with Crippen LogP contribution >= 0.6 is 0 Å². The van der Waals surface area contributed by atoms with Crippen molar-refractivity contribution < 1.29 is 27.5 Å². The van der Waals surface area contributed by atoms with E-state index in [0.29, 0.717) is 0 Å². The molecule has 2 aromatic carbocycles. The average molecular weight is 406 g/mol. The zero-order valence-electron chi connectivity index (χ0n) is 16.0. The van der Waals surface area contributed by atoms with Crippen LogP contribution in [0.15, 0.2) is 47.4 Å². The first-order valence-corrected chi connectivity index (χ1v) is 9.87. The number of amides is 1. The van der Waals surface area contributed by atoms with Crippen molar-refractivity contribution in [2.75, 3.05) is 18.9 Å². The molecule has 150 valence electrons. The molecule has 28 heavy (non-hydrogen) atoms. The van der Waals surface area contributed by atoms with Gasteiger partial charge in [-0.1, -0.05) is 12.1 Å². The van der Waals surface area contributed by atoms with Gasteiger partial charge in [0.05, 0.1) is 35.9 Å². The number of methoxy groups -OCH3 is 2. The van der Waals surface area contributed by atoms with Gasteiger partial charge in [-0.25, -0.2) is 13.2 Å². The van der Waals surface area contributed by atoms with Crippen LogP contribution in [0.25, 0.3) is 0 Å². The van der Waals surface area contributed by atoms with Crippen molar-refractivity contribution in [1.29, 1.82) is 0 Å². The predicted molar refractivity (Wildman–Crippen MR) is 104 cm³/mol. The van der Waals surface area contributed by atoms with E-state index in [-0.39, 0.29) is 33.5 Å². The van der Waals surface area contributed by atoms with Crippen LogP contribution in [-0.2, 0) is 14.8 Å². The lowest BCUT2D eigenvalue weighted by atomic mass is 10.2. The number of benzene rings is 2. The molecule has 0 saturated heterocycles. The summed E-state index contributed by atoms with van der Waals surface area (Å²) < 4.78 is 37.8. The van der Waals surface area contributed by atoms with Crippen molar-refractivity contribution in [2.24, 2.45) is 0 Å². The Hall–Kier alpha value is -3.07. The first kappa shape index (κ1) is 21.2. The van der Waals surface area contributed by atoms with Gasteiger partial charge in [0.25, 0.3) is 15.9 Å². The first-order chi connectivity index (χ1) is 13.2. The van der Waals surface area contributed by atoms with Crippen LogP contribution in [0, 0.1) is 0 Å². The fourth-order valence-electron chi connectivity index (χ4n) is 2.44. The number of hydrogen-bond donors (Lipinski definition) is 2. The molecule has 0 bridgehead atoms. The van der Waals surface area contributed by atoms with Gasteiger partial charge < -0.3 is 14.8 Å². The van der Waals surface area contributed by atoms with Gasteiger partial charge in [0.15, 0.2) is 0 Å². The Balaban J connectivity index is 2.44. The molecule has 0 aliphatic rings. The van der Waals surface area contributed by atoms with Crippen LogP contribution in [0.1, 0.15) is 34.6 Å². The minimum atomic E-state index is -4.08. The van der Waals surface area contributed by atoms with Crippen molar-refractivity contribution in [3.8, 4) is 5.75 Å². The Morgan fingerprint density at radius 2 is 1.68 bits per heavy atom. The third-order valence-corrected chi connectivity index (χ3v) is 5.09. The third kappa shape index (κ3) is 4.80. The fourth-order valence-corrected chi connectivity index (χ4v) is 3.54. The number of anilines is 1. The summed E-state index contributed by atoms with van der Waals surface area (Å²) >= 11 is 0. The first-order valence-electron chi connectivity index (χ1n) is 8.38. The molecule has 0 aliphatic carbocycles. The van der Waals surface area contributed by atoms with Gasteiger partial charge >= 0.3 is 5.97 Å². The van der Waals surface area contributed by atoms with Gasteiger partial charge in [0, 0.05) is 6.04 Å². The van der Waals surface area contributed by atoms with Gasteiger partial charge in [-0.05, 0) is 44.2 Å². The summed E-state index contributed by atoms with van der Waals surface area (Å²) in [6, 6.07) is 9.86. The summed E-state index contributed by atoms with van der Waals surface area (Å²) in [6.07, 6.45) is 0. The number of carbonyl (C=O) groups is 2. The highest BCUT2D eigenvalue weighted by Crippen LogP contribution is 2.25. The van der Waals surface area contributed by atoms with Gasteiger partial charge in [0.2, 0.25) is 0 Å². The maximum Gasteiger partial charge on any atom is 0.339 e. The summed E-state index contributed by atoms with van der Waals surface area (Å²) in [5, 5.41) is 2.70. The minimum absolute atomic E-state index is 0.0679. The van der Waals surface area contributed by atoms with Gasteiger partial charge in [0.1, 0.15) is 5.75 Å². The van der Waals surface area contributed by atoms with E-state index in [1.165, 1.54) is 44.6 Å². The van der Waals surface area contributed by atoms with Crippen molar-refractivity contribution in [3.63, 3.8) is 0 Å². The van der Waals surface area contributed by atoms with E-state index in [1.807, 2.05) is 0 Å². The van der Waals surface area contributed by atoms with E-state index in [0.717, 1.165) is 0 Å². The maximum atomic E-state index is 12.8. The van der Waals surface area contributed by atoms with E-state index in [1.54, 1.807) is 26.0 Å². The minimum Gasteiger partial charge on any atom is -0.496 e. The lowest BCUT2D eigenvalue weighted by Crippen LogP contribution is -2.30. The summed E-state index contributed by atoms with van der Waals surface area (Å²) in [5.74, 6) is -0.893. The Labute approximate surface area is 163 Å². The van der Waals surface area contributed by atoms with Crippen molar-refractivity contribution in [1.82, 2.24) is 5.32 Å². The van der Waals surface area contributed by atoms with Gasteiger partial charge in [-0.2, -0.15) is 0 Å². The second-order valence-corrected chi connectivity index (χ2v) is 7.82. The monoisotopic (exact) mass is 406 g/mol. The van der Waals surface area contributed by atoms with Crippen LogP contribution in [0.2, 0.25) is 0 Å². The lowest BCUT2D eigenvalue weighted by Gasteiger charge is -2.15. The van der Waals surface area contributed by atoms with Crippen LogP contribution in [0.4, 0.5) is 5.69 Å². The highest BCUT2D eigenvalue weighted by molar-refractivity contribution is 7.92. The Kier molecular flexibility index (Phi) is 6.63. The van der Waals surface area contributed by atoms with Gasteiger partial charge in [-0.3, -0.25) is 9.52 Å². The topological polar surface area (TPSA) is 111 Å². The standard InChI is InChI=1S/C19H22N2O6S/c1-12(2)20-18(22)15-11-13(9-10-17(15)26-3)28(24,25)21-16-8-6-5-7-14(16)19(23)27-4/h5-12,21H,1-4H3,(H,20,22). The number of hydrogen-bond acceptors (Lipinski definition) is 6. The van der Waals surface area contributed by atoms with Crippen LogP contribution in [-0.4, -0.2) is 40.6 Å². The Morgan fingerprint density at radius 1 is 1.00 bits per heavy atom. The second kappa shape index (κ2) is 8.75. The van der Waals surface area contributed by atoms with Crippen molar-refractivity contribution in [3.05, 3.63) is 53.6 Å². The molecule has 2 rings (SSSR count). The molecule has 0 radical (unpaired) electrons.